The van der Waals surface area contributed by atoms with E-state index in [2.05, 4.69) is 45.0 Å². The van der Waals surface area contributed by atoms with Gasteiger partial charge in [-0.2, -0.15) is 0 Å². The van der Waals surface area contributed by atoms with Crippen LogP contribution in [0.4, 0.5) is 0 Å². The molecule has 0 saturated heterocycles. The summed E-state index contributed by atoms with van der Waals surface area (Å²) < 4.78 is 0. The SMILES string of the molecule is CCCC.CCc1ccccc1. The highest BCUT2D eigenvalue weighted by atomic mass is 13.9. The molecular weight excluding hydrogens is 144 g/mol. The smallest absolute Gasteiger partial charge is 0.0307 e. The van der Waals surface area contributed by atoms with Crippen LogP contribution in [-0.4, -0.2) is 0 Å². The zero-order valence-electron chi connectivity index (χ0n) is 8.51. The fourth-order valence-corrected chi connectivity index (χ4v) is 0.714. The van der Waals surface area contributed by atoms with Gasteiger partial charge >= 0.3 is 0 Å². The number of hydrogen-bond donors (Lipinski definition) is 0. The van der Waals surface area contributed by atoms with Crippen LogP contribution < -0.4 is 0 Å². The van der Waals surface area contributed by atoms with E-state index in [0.29, 0.717) is 0 Å². The van der Waals surface area contributed by atoms with E-state index in [9.17, 15) is 0 Å². The first kappa shape index (κ1) is 11.2. The minimum absolute atomic E-state index is 1.14. The molecule has 0 saturated carbocycles. The van der Waals surface area contributed by atoms with Crippen molar-refractivity contribution in [2.75, 3.05) is 0 Å². The Morgan fingerprint density at radius 2 is 1.33 bits per heavy atom. The van der Waals surface area contributed by atoms with Crippen LogP contribution in [0.25, 0.3) is 0 Å². The molecule has 0 aliphatic rings. The van der Waals surface area contributed by atoms with Crippen molar-refractivity contribution in [3.63, 3.8) is 0 Å². The van der Waals surface area contributed by atoms with E-state index < -0.39 is 0 Å². The second kappa shape index (κ2) is 8.32. The number of unbranched alkanes of at least 4 members (excludes halogenated alkanes) is 1. The maximum Gasteiger partial charge on any atom is -0.0307 e. The van der Waals surface area contributed by atoms with Crippen LogP contribution in [0.1, 0.15) is 39.2 Å². The van der Waals surface area contributed by atoms with E-state index in [1.54, 1.807) is 0 Å². The lowest BCUT2D eigenvalue weighted by Gasteiger charge is -1.89. The summed E-state index contributed by atoms with van der Waals surface area (Å²) >= 11 is 0. The molecule has 1 aromatic carbocycles. The second-order valence-corrected chi connectivity index (χ2v) is 2.84. The molecule has 0 N–H and O–H groups in total. The lowest BCUT2D eigenvalue weighted by molar-refractivity contribution is 0.886. The fourth-order valence-electron chi connectivity index (χ4n) is 0.714. The molecule has 0 spiro atoms. The van der Waals surface area contributed by atoms with Gasteiger partial charge in [0.05, 0.1) is 0 Å². The van der Waals surface area contributed by atoms with Crippen molar-refractivity contribution in [2.45, 2.75) is 40.0 Å². The third kappa shape index (κ3) is 5.96. The molecule has 0 fully saturated rings. The van der Waals surface area contributed by atoms with Crippen molar-refractivity contribution >= 4 is 0 Å². The molecule has 1 aromatic rings. The molecule has 0 radical (unpaired) electrons. The van der Waals surface area contributed by atoms with Crippen LogP contribution in [-0.2, 0) is 6.42 Å². The Kier molecular flexibility index (Phi) is 7.78. The van der Waals surface area contributed by atoms with E-state index >= 15 is 0 Å². The molecule has 0 bridgehead atoms. The Labute approximate surface area is 76.6 Å². The summed E-state index contributed by atoms with van der Waals surface area (Å²) in [7, 11) is 0. The number of rotatable bonds is 2. The summed E-state index contributed by atoms with van der Waals surface area (Å²) in [6.07, 6.45) is 3.78. The lowest BCUT2D eigenvalue weighted by Crippen LogP contribution is -1.73. The lowest BCUT2D eigenvalue weighted by atomic mass is 10.2. The minimum Gasteiger partial charge on any atom is -0.0654 e. The van der Waals surface area contributed by atoms with Gasteiger partial charge in [-0.15, -0.1) is 0 Å². The largest absolute Gasteiger partial charge is 0.0654 e. The van der Waals surface area contributed by atoms with E-state index in [1.165, 1.54) is 18.4 Å². The van der Waals surface area contributed by atoms with Crippen molar-refractivity contribution in [3.8, 4) is 0 Å². The summed E-state index contributed by atoms with van der Waals surface area (Å²) in [6.45, 7) is 6.52. The van der Waals surface area contributed by atoms with Crippen molar-refractivity contribution in [1.29, 1.82) is 0 Å². The molecule has 0 unspecified atom stereocenters. The zero-order valence-corrected chi connectivity index (χ0v) is 8.51. The summed E-state index contributed by atoms with van der Waals surface area (Å²) in [5.41, 5.74) is 1.41. The maximum absolute atomic E-state index is 2.18. The first-order valence-electron chi connectivity index (χ1n) is 4.89. The normalized spacial score (nSPS) is 8.58. The van der Waals surface area contributed by atoms with E-state index in [1.807, 2.05) is 6.07 Å². The molecule has 0 amide bonds. The Morgan fingerprint density at radius 3 is 1.58 bits per heavy atom. The van der Waals surface area contributed by atoms with Crippen LogP contribution in [0.3, 0.4) is 0 Å². The van der Waals surface area contributed by atoms with Gasteiger partial charge in [0, 0.05) is 0 Å². The molecule has 0 aliphatic heterocycles. The molecule has 0 aromatic heterocycles. The van der Waals surface area contributed by atoms with Crippen molar-refractivity contribution in [1.82, 2.24) is 0 Å². The average molecular weight is 164 g/mol. The van der Waals surface area contributed by atoms with Crippen molar-refractivity contribution in [2.24, 2.45) is 0 Å². The number of hydrogen-bond acceptors (Lipinski definition) is 0. The Hall–Kier alpha value is -0.780. The standard InChI is InChI=1S/C8H10.C4H10/c1-2-8-6-4-3-5-7-8;1-3-4-2/h3-7H,2H2,1H3;3-4H2,1-2H3. The molecule has 0 heterocycles. The van der Waals surface area contributed by atoms with E-state index in [4.69, 9.17) is 0 Å². The van der Waals surface area contributed by atoms with E-state index in [-0.39, 0.29) is 0 Å². The highest BCUT2D eigenvalue weighted by Gasteiger charge is 1.79. The molecule has 12 heavy (non-hydrogen) atoms. The predicted molar refractivity (Wildman–Crippen MR) is 56.4 cm³/mol. The Bertz CT molecular complexity index is 163. The Morgan fingerprint density at radius 1 is 0.833 bits per heavy atom. The van der Waals surface area contributed by atoms with Crippen LogP contribution in [0, 0.1) is 0 Å². The summed E-state index contributed by atoms with van der Waals surface area (Å²) in [6, 6.07) is 10.5. The second-order valence-electron chi connectivity index (χ2n) is 2.84. The van der Waals surface area contributed by atoms with Crippen molar-refractivity contribution < 1.29 is 0 Å². The van der Waals surface area contributed by atoms with E-state index in [0.717, 1.165) is 6.42 Å². The van der Waals surface area contributed by atoms with Gasteiger partial charge in [-0.3, -0.25) is 0 Å². The maximum atomic E-state index is 2.18. The van der Waals surface area contributed by atoms with Gasteiger partial charge in [0.1, 0.15) is 0 Å². The highest BCUT2D eigenvalue weighted by molar-refractivity contribution is 5.13. The predicted octanol–water partition coefficient (Wildman–Crippen LogP) is 4.06. The van der Waals surface area contributed by atoms with Crippen LogP contribution in [0.2, 0.25) is 0 Å². The number of aryl methyl sites for hydroxylation is 1. The monoisotopic (exact) mass is 164 g/mol. The quantitative estimate of drug-likeness (QED) is 0.618. The van der Waals surface area contributed by atoms with Gasteiger partial charge in [0.2, 0.25) is 0 Å². The van der Waals surface area contributed by atoms with Gasteiger partial charge in [0.25, 0.3) is 0 Å². The zero-order chi connectivity index (χ0) is 9.23. The minimum atomic E-state index is 1.14. The molecule has 0 heteroatoms. The average Bonchev–Trinajstić information content (AvgIpc) is 2.19. The first-order chi connectivity index (χ1) is 5.85. The molecule has 0 atom stereocenters. The fraction of sp³-hybridized carbons (Fsp3) is 0.500. The van der Waals surface area contributed by atoms with Gasteiger partial charge in [-0.25, -0.2) is 0 Å². The topological polar surface area (TPSA) is 0 Å². The van der Waals surface area contributed by atoms with Gasteiger partial charge in [-0.1, -0.05) is 63.9 Å². The van der Waals surface area contributed by atoms with Gasteiger partial charge in [0.15, 0.2) is 0 Å². The number of benzene rings is 1. The molecule has 0 aliphatic carbocycles. The summed E-state index contributed by atoms with van der Waals surface area (Å²) in [5.74, 6) is 0. The molecule has 68 valence electrons. The third-order valence-corrected chi connectivity index (χ3v) is 1.75. The molecule has 0 nitrogen and oxygen atoms in total. The molecule has 1 rings (SSSR count). The first-order valence-corrected chi connectivity index (χ1v) is 4.89. The van der Waals surface area contributed by atoms with Gasteiger partial charge < -0.3 is 0 Å². The van der Waals surface area contributed by atoms with Gasteiger partial charge in [-0.05, 0) is 12.0 Å². The highest BCUT2D eigenvalue weighted by Crippen LogP contribution is 1.96. The van der Waals surface area contributed by atoms with Crippen LogP contribution in [0.5, 0.6) is 0 Å². The van der Waals surface area contributed by atoms with Crippen LogP contribution in [0.15, 0.2) is 30.3 Å². The van der Waals surface area contributed by atoms with Crippen molar-refractivity contribution in [3.05, 3.63) is 35.9 Å². The Balaban J connectivity index is 0.000000261. The summed E-state index contributed by atoms with van der Waals surface area (Å²) in [5, 5.41) is 0. The third-order valence-electron chi connectivity index (χ3n) is 1.75. The van der Waals surface area contributed by atoms with Crippen LogP contribution >= 0.6 is 0 Å². The summed E-state index contributed by atoms with van der Waals surface area (Å²) in [4.78, 5) is 0. The molecular formula is C12H20.